The maximum Gasteiger partial charge on any atom is 0.325 e. The molecule has 1 aliphatic carbocycles. The molecule has 152 valence electrons. The van der Waals surface area contributed by atoms with Gasteiger partial charge in [-0.05, 0) is 37.5 Å². The molecule has 8 heteroatoms. The Kier molecular flexibility index (Phi) is 5.08. The lowest BCUT2D eigenvalue weighted by Crippen LogP contribution is -2.44. The van der Waals surface area contributed by atoms with Crippen LogP contribution in [0.3, 0.4) is 0 Å². The molecule has 8 nitrogen and oxygen atoms in total. The zero-order valence-electron chi connectivity index (χ0n) is 16.4. The average molecular weight is 395 g/mol. The first-order valence-corrected chi connectivity index (χ1v) is 10.0. The zero-order valence-corrected chi connectivity index (χ0v) is 16.4. The van der Waals surface area contributed by atoms with E-state index in [1.165, 1.54) is 4.90 Å². The Labute approximate surface area is 169 Å². The van der Waals surface area contributed by atoms with Crippen molar-refractivity contribution in [3.05, 3.63) is 48.5 Å². The van der Waals surface area contributed by atoms with Crippen LogP contribution in [0.1, 0.15) is 50.6 Å². The van der Waals surface area contributed by atoms with Crippen LogP contribution < -0.4 is 10.6 Å². The van der Waals surface area contributed by atoms with Gasteiger partial charge in [-0.1, -0.05) is 25.0 Å². The number of carbonyl (C=O) groups excluding carboxylic acids is 3. The highest BCUT2D eigenvalue weighted by Gasteiger charge is 2.52. The van der Waals surface area contributed by atoms with Crippen molar-refractivity contribution < 1.29 is 14.4 Å². The second-order valence-corrected chi connectivity index (χ2v) is 7.78. The summed E-state index contributed by atoms with van der Waals surface area (Å²) in [6, 6.07) is 7.29. The highest BCUT2D eigenvalue weighted by molar-refractivity contribution is 6.07. The average Bonchev–Trinajstić information content (AvgIpc) is 3.44. The number of nitrogens with zero attached hydrogens (tertiary/aromatic N) is 3. The van der Waals surface area contributed by atoms with Crippen molar-refractivity contribution in [1.29, 1.82) is 0 Å². The molecule has 2 heterocycles. The van der Waals surface area contributed by atoms with E-state index in [-0.39, 0.29) is 36.9 Å². The molecule has 4 amide bonds. The topological polar surface area (TPSA) is 96.3 Å². The zero-order chi connectivity index (χ0) is 20.4. The van der Waals surface area contributed by atoms with Gasteiger partial charge in [0, 0.05) is 31.0 Å². The number of aromatic nitrogens is 2. The number of imidazole rings is 1. The highest BCUT2D eigenvalue weighted by atomic mass is 16.2. The molecule has 1 aromatic carbocycles. The summed E-state index contributed by atoms with van der Waals surface area (Å²) >= 11 is 0. The maximum absolute atomic E-state index is 12.6. The molecule has 1 saturated carbocycles. The Bertz CT molecular complexity index is 901. The molecule has 1 saturated heterocycles. The number of imide groups is 1. The van der Waals surface area contributed by atoms with Gasteiger partial charge in [-0.15, -0.1) is 0 Å². The molecule has 2 aliphatic rings. The highest BCUT2D eigenvalue weighted by Crippen LogP contribution is 2.35. The molecule has 1 atom stereocenters. The van der Waals surface area contributed by atoms with Crippen LogP contribution in [0.5, 0.6) is 0 Å². The number of rotatable bonds is 6. The molecule has 1 spiro atoms. The smallest absolute Gasteiger partial charge is 0.325 e. The van der Waals surface area contributed by atoms with Gasteiger partial charge in [-0.2, -0.15) is 0 Å². The number of hydrogen-bond donors (Lipinski definition) is 2. The molecule has 1 unspecified atom stereocenters. The SMILES string of the molecule is CC(NC(=O)CCN1C(=O)NC2(CCCC2)C1=O)c1ccc(-n2ccnc2)cc1. The molecule has 4 rings (SSSR count). The predicted molar refractivity (Wildman–Crippen MR) is 106 cm³/mol. The Morgan fingerprint density at radius 1 is 1.24 bits per heavy atom. The van der Waals surface area contributed by atoms with Crippen molar-refractivity contribution in [3.63, 3.8) is 0 Å². The lowest BCUT2D eigenvalue weighted by Gasteiger charge is -2.20. The van der Waals surface area contributed by atoms with Crippen LogP contribution in [0.2, 0.25) is 0 Å². The van der Waals surface area contributed by atoms with Gasteiger partial charge in [0.25, 0.3) is 5.91 Å². The summed E-state index contributed by atoms with van der Waals surface area (Å²) in [5.74, 6) is -0.375. The Morgan fingerprint density at radius 3 is 2.62 bits per heavy atom. The summed E-state index contributed by atoms with van der Waals surface area (Å²) in [5.41, 5.74) is 1.24. The van der Waals surface area contributed by atoms with Gasteiger partial charge in [0.15, 0.2) is 0 Å². The van der Waals surface area contributed by atoms with Gasteiger partial charge in [-0.25, -0.2) is 9.78 Å². The van der Waals surface area contributed by atoms with E-state index in [4.69, 9.17) is 0 Å². The number of urea groups is 1. The molecule has 0 radical (unpaired) electrons. The van der Waals surface area contributed by atoms with Gasteiger partial charge in [0.2, 0.25) is 5.91 Å². The first-order chi connectivity index (χ1) is 14.0. The summed E-state index contributed by atoms with van der Waals surface area (Å²) in [6.45, 7) is 2.01. The number of carbonyl (C=O) groups is 3. The third kappa shape index (κ3) is 3.74. The van der Waals surface area contributed by atoms with Gasteiger partial charge in [0.1, 0.15) is 5.54 Å². The third-order valence-electron chi connectivity index (χ3n) is 5.84. The molecule has 1 aliphatic heterocycles. The van der Waals surface area contributed by atoms with Crippen LogP contribution in [0, 0.1) is 0 Å². The molecule has 0 bridgehead atoms. The van der Waals surface area contributed by atoms with Crippen LogP contribution in [-0.2, 0) is 9.59 Å². The number of benzene rings is 1. The van der Waals surface area contributed by atoms with Crippen LogP contribution in [-0.4, -0.2) is 44.4 Å². The fourth-order valence-corrected chi connectivity index (χ4v) is 4.15. The second kappa shape index (κ2) is 7.69. The van der Waals surface area contributed by atoms with E-state index in [0.29, 0.717) is 12.8 Å². The summed E-state index contributed by atoms with van der Waals surface area (Å²) in [5, 5.41) is 5.77. The lowest BCUT2D eigenvalue weighted by molar-refractivity contribution is -0.131. The monoisotopic (exact) mass is 395 g/mol. The van der Waals surface area contributed by atoms with Gasteiger partial charge >= 0.3 is 6.03 Å². The van der Waals surface area contributed by atoms with Crippen molar-refractivity contribution in [3.8, 4) is 5.69 Å². The Hall–Kier alpha value is -3.16. The molecule has 2 aromatic rings. The van der Waals surface area contributed by atoms with E-state index in [2.05, 4.69) is 15.6 Å². The van der Waals surface area contributed by atoms with Crippen LogP contribution >= 0.6 is 0 Å². The number of hydrogen-bond acceptors (Lipinski definition) is 4. The molecule has 29 heavy (non-hydrogen) atoms. The second-order valence-electron chi connectivity index (χ2n) is 7.78. The minimum absolute atomic E-state index is 0.0900. The van der Waals surface area contributed by atoms with Crippen LogP contribution in [0.25, 0.3) is 5.69 Å². The molecule has 2 N–H and O–H groups in total. The van der Waals surface area contributed by atoms with E-state index >= 15 is 0 Å². The van der Waals surface area contributed by atoms with Crippen LogP contribution in [0.15, 0.2) is 43.0 Å². The Morgan fingerprint density at radius 2 is 1.97 bits per heavy atom. The van der Waals surface area contributed by atoms with Crippen molar-refractivity contribution in [2.45, 2.75) is 50.6 Å². The van der Waals surface area contributed by atoms with E-state index in [0.717, 1.165) is 24.1 Å². The van der Waals surface area contributed by atoms with E-state index in [9.17, 15) is 14.4 Å². The summed E-state index contributed by atoms with van der Waals surface area (Å²) in [7, 11) is 0. The Balaban J connectivity index is 1.30. The quantitative estimate of drug-likeness (QED) is 0.734. The first-order valence-electron chi connectivity index (χ1n) is 10.0. The van der Waals surface area contributed by atoms with E-state index in [1.54, 1.807) is 12.5 Å². The van der Waals surface area contributed by atoms with E-state index in [1.807, 2.05) is 42.0 Å². The van der Waals surface area contributed by atoms with Crippen LogP contribution in [0.4, 0.5) is 4.79 Å². The van der Waals surface area contributed by atoms with Gasteiger partial charge in [0.05, 0.1) is 12.4 Å². The number of nitrogens with one attached hydrogen (secondary N) is 2. The standard InChI is InChI=1S/C21H25N5O3/c1-15(16-4-6-17(7-5-16)25-13-11-22-14-25)23-18(27)8-12-26-19(28)21(24-20(26)29)9-2-3-10-21/h4-7,11,13-15H,2-3,8-10,12H2,1H3,(H,23,27)(H,24,29). The van der Waals surface area contributed by atoms with Crippen molar-refractivity contribution >= 4 is 17.8 Å². The fraction of sp³-hybridized carbons (Fsp3) is 0.429. The van der Waals surface area contributed by atoms with Crippen molar-refractivity contribution in [2.24, 2.45) is 0 Å². The van der Waals surface area contributed by atoms with Crippen molar-refractivity contribution in [1.82, 2.24) is 25.1 Å². The molecular weight excluding hydrogens is 370 g/mol. The largest absolute Gasteiger partial charge is 0.350 e. The first kappa shape index (κ1) is 19.2. The lowest BCUT2D eigenvalue weighted by atomic mass is 9.98. The van der Waals surface area contributed by atoms with Crippen molar-refractivity contribution in [2.75, 3.05) is 6.54 Å². The van der Waals surface area contributed by atoms with Gasteiger partial charge < -0.3 is 15.2 Å². The predicted octanol–water partition coefficient (Wildman–Crippen LogP) is 2.30. The van der Waals surface area contributed by atoms with Gasteiger partial charge in [-0.3, -0.25) is 14.5 Å². The number of amides is 4. The minimum atomic E-state index is -0.724. The molecule has 2 fully saturated rings. The summed E-state index contributed by atoms with van der Waals surface area (Å²) < 4.78 is 1.91. The summed E-state index contributed by atoms with van der Waals surface area (Å²) in [4.78, 5) is 42.4. The third-order valence-corrected chi connectivity index (χ3v) is 5.84. The van der Waals surface area contributed by atoms with E-state index < -0.39 is 5.54 Å². The molecule has 1 aromatic heterocycles. The normalized spacial score (nSPS) is 18.9. The maximum atomic E-state index is 12.6. The molecular formula is C21H25N5O3. The summed E-state index contributed by atoms with van der Waals surface area (Å²) in [6.07, 6.45) is 8.66. The minimum Gasteiger partial charge on any atom is -0.350 e. The fourth-order valence-electron chi connectivity index (χ4n) is 4.15.